The molecule has 1 heterocycles. The van der Waals surface area contributed by atoms with Gasteiger partial charge in [-0.1, -0.05) is 75.7 Å². The number of nitrogens with one attached hydrogen (secondary N) is 9. The lowest BCUT2D eigenvalue weighted by atomic mass is 9.97. The summed E-state index contributed by atoms with van der Waals surface area (Å²) >= 11 is 0. The number of H-pyrrole nitrogens is 1. The number of rotatable bonds is 36. The SMILES string of the molecule is CC(C)C[C@H](NC(=O)[C@H](CC(C)C)NC(=O)[C@@H](NC(=O)[C@H](CC(C)C)NC(=O)[C@H](CCC(N)=O)NC(=O)[C@H](Cc1cnc[nH]1)NC(=O)[C@H](CO)NC(=O)[C@H](CC(C)C)NC(=O)[C@@H](N)CCCCN)C(C)C)C(=O)O. The van der Waals surface area contributed by atoms with Gasteiger partial charge in [-0.15, -0.1) is 0 Å². The predicted molar refractivity (Wildman–Crippen MR) is 274 cm³/mol. The minimum absolute atomic E-state index is 0.0291. The number of hydrogen-bond donors (Lipinski definition) is 14. The highest BCUT2D eigenvalue weighted by Gasteiger charge is 2.36. The smallest absolute Gasteiger partial charge is 0.326 e. The average Bonchev–Trinajstić information content (AvgIpc) is 3.82. The number of unbranched alkanes of at least 4 members (excludes halogenated alkanes) is 1. The maximum absolute atomic E-state index is 14.2. The summed E-state index contributed by atoms with van der Waals surface area (Å²) in [5.74, 6) is -9.68. The monoisotopic (exact) mass is 1050 g/mol. The number of aliphatic hydroxyl groups excluding tert-OH is 1. The van der Waals surface area contributed by atoms with Gasteiger partial charge in [0.25, 0.3) is 0 Å². The lowest BCUT2D eigenvalue weighted by Crippen LogP contribution is -2.61. The number of aromatic amines is 1. The molecule has 9 atom stereocenters. The van der Waals surface area contributed by atoms with Crippen LogP contribution in [0.5, 0.6) is 0 Å². The molecule has 25 heteroatoms. The summed E-state index contributed by atoms with van der Waals surface area (Å²) in [6.45, 7) is 17.2. The first kappa shape index (κ1) is 65.8. The van der Waals surface area contributed by atoms with Gasteiger partial charge in [0.2, 0.25) is 53.2 Å². The van der Waals surface area contributed by atoms with Gasteiger partial charge in [0.15, 0.2) is 0 Å². The third-order valence-corrected chi connectivity index (χ3v) is 11.6. The van der Waals surface area contributed by atoms with E-state index in [0.29, 0.717) is 31.5 Å². The number of primary amides is 1. The first-order valence-corrected chi connectivity index (χ1v) is 25.6. The Labute approximate surface area is 434 Å². The summed E-state index contributed by atoms with van der Waals surface area (Å²) in [6, 6.07) is -11.7. The second kappa shape index (κ2) is 33.6. The highest BCUT2D eigenvalue weighted by molar-refractivity contribution is 5.98. The zero-order valence-corrected chi connectivity index (χ0v) is 44.9. The van der Waals surface area contributed by atoms with Crippen LogP contribution in [0, 0.1) is 29.6 Å². The minimum Gasteiger partial charge on any atom is -0.480 e. The van der Waals surface area contributed by atoms with Crippen LogP contribution in [-0.4, -0.2) is 147 Å². The number of nitrogens with two attached hydrogens (primary N) is 3. The van der Waals surface area contributed by atoms with Crippen LogP contribution in [0.1, 0.15) is 133 Å². The zero-order chi connectivity index (χ0) is 56.4. The lowest BCUT2D eigenvalue weighted by Gasteiger charge is -2.29. The standard InChI is InChI=1S/C49H87N13O12/c1-25(2)17-33(56-41(65)31(51)13-11-12-16-50)44(68)61-38(23-63)47(71)58-36(21-30-22-53-24-54-30)45(69)55-32(14-15-39(52)64)42(66)57-35(19-27(5)6)46(70)62-40(29(9)10)48(72)59-34(18-26(3)4)43(67)60-37(49(73)74)20-28(7)8/h22,24-29,31-38,40,63H,11-21,23,50-51H2,1-10H3,(H2,52,64)(H,53,54)(H,55,69)(H,56,65)(H,57,66)(H,58,71)(H,59,72)(H,60,67)(H,61,68)(H,62,70)(H,73,74)/t31-,32-,33-,34-,35-,36-,37-,38-,40-/m0/s1. The van der Waals surface area contributed by atoms with Crippen LogP contribution in [-0.2, 0) is 54.4 Å². The fourth-order valence-electron chi connectivity index (χ4n) is 7.71. The Kier molecular flexibility index (Phi) is 29.9. The number of imidazole rings is 1. The second-order valence-corrected chi connectivity index (χ2v) is 20.9. The fourth-order valence-corrected chi connectivity index (χ4v) is 7.71. The van der Waals surface area contributed by atoms with E-state index in [4.69, 9.17) is 17.2 Å². The van der Waals surface area contributed by atoms with Crippen molar-refractivity contribution in [2.24, 2.45) is 46.8 Å². The fraction of sp³-hybridized carbons (Fsp3) is 0.735. The Morgan fingerprint density at radius 2 is 0.946 bits per heavy atom. The number of carbonyl (C=O) groups excluding carboxylic acids is 9. The molecular weight excluding hydrogens is 963 g/mol. The van der Waals surface area contributed by atoms with E-state index in [2.05, 4.69) is 52.5 Å². The first-order valence-electron chi connectivity index (χ1n) is 25.6. The van der Waals surface area contributed by atoms with Gasteiger partial charge in [-0.2, -0.15) is 0 Å². The molecule has 0 spiro atoms. The highest BCUT2D eigenvalue weighted by Crippen LogP contribution is 2.14. The van der Waals surface area contributed by atoms with E-state index in [-0.39, 0.29) is 62.2 Å². The predicted octanol–water partition coefficient (Wildman–Crippen LogP) is -1.53. The average molecular weight is 1050 g/mol. The van der Waals surface area contributed by atoms with Gasteiger partial charge in [-0.3, -0.25) is 43.2 Å². The molecule has 0 radical (unpaired) electrons. The Morgan fingerprint density at radius 1 is 0.541 bits per heavy atom. The molecule has 0 aliphatic rings. The third-order valence-electron chi connectivity index (χ3n) is 11.6. The largest absolute Gasteiger partial charge is 0.480 e. The van der Waals surface area contributed by atoms with E-state index in [1.807, 2.05) is 27.7 Å². The Bertz CT molecular complexity index is 1980. The van der Waals surface area contributed by atoms with Crippen molar-refractivity contribution in [3.05, 3.63) is 18.2 Å². The molecule has 0 aromatic carbocycles. The number of hydrogen-bond acceptors (Lipinski definition) is 14. The molecule has 74 heavy (non-hydrogen) atoms. The molecule has 0 aliphatic carbocycles. The molecule has 0 fully saturated rings. The third kappa shape index (κ3) is 25.1. The van der Waals surface area contributed by atoms with Gasteiger partial charge in [-0.25, -0.2) is 9.78 Å². The molecular formula is C49H87N13O12. The number of carboxylic acids is 1. The van der Waals surface area contributed by atoms with Crippen molar-refractivity contribution >= 4 is 59.1 Å². The Balaban J connectivity index is 3.45. The van der Waals surface area contributed by atoms with E-state index in [9.17, 15) is 58.2 Å². The summed E-state index contributed by atoms with van der Waals surface area (Å²) in [7, 11) is 0. The molecule has 1 aromatic heterocycles. The molecule has 1 aromatic rings. The van der Waals surface area contributed by atoms with E-state index in [1.165, 1.54) is 12.5 Å². The maximum Gasteiger partial charge on any atom is 0.326 e. The van der Waals surface area contributed by atoms with Crippen molar-refractivity contribution in [3.63, 3.8) is 0 Å². The molecule has 0 saturated heterocycles. The van der Waals surface area contributed by atoms with Crippen LogP contribution in [0.3, 0.4) is 0 Å². The molecule has 25 nitrogen and oxygen atoms in total. The van der Waals surface area contributed by atoms with Crippen LogP contribution in [0.25, 0.3) is 0 Å². The van der Waals surface area contributed by atoms with Gasteiger partial charge in [0.05, 0.1) is 19.0 Å². The molecule has 0 unspecified atom stereocenters. The van der Waals surface area contributed by atoms with E-state index < -0.39 is 132 Å². The lowest BCUT2D eigenvalue weighted by molar-refractivity contribution is -0.143. The van der Waals surface area contributed by atoms with Crippen LogP contribution in [0.2, 0.25) is 0 Å². The number of aliphatic carboxylic acids is 1. The van der Waals surface area contributed by atoms with Gasteiger partial charge in [-0.05, 0) is 81.1 Å². The van der Waals surface area contributed by atoms with E-state index in [0.717, 1.165) is 0 Å². The topological polar surface area (TPSA) is 414 Å². The molecule has 0 aliphatic heterocycles. The molecule has 0 bridgehead atoms. The molecule has 9 amide bonds. The van der Waals surface area contributed by atoms with Gasteiger partial charge in [0.1, 0.15) is 48.3 Å². The van der Waals surface area contributed by atoms with Crippen LogP contribution >= 0.6 is 0 Å². The minimum atomic E-state index is -1.64. The number of carboxylic acid groups (broad SMARTS) is 1. The van der Waals surface area contributed by atoms with Gasteiger partial charge < -0.3 is 74.9 Å². The van der Waals surface area contributed by atoms with Crippen molar-refractivity contribution in [2.45, 2.75) is 188 Å². The Morgan fingerprint density at radius 3 is 1.39 bits per heavy atom. The number of carbonyl (C=O) groups is 10. The zero-order valence-electron chi connectivity index (χ0n) is 44.9. The summed E-state index contributed by atoms with van der Waals surface area (Å²) in [4.78, 5) is 141. The molecule has 420 valence electrons. The quantitative estimate of drug-likeness (QED) is 0.0339. The van der Waals surface area contributed by atoms with E-state index >= 15 is 0 Å². The summed E-state index contributed by atoms with van der Waals surface area (Å²) in [5.41, 5.74) is 17.4. The van der Waals surface area contributed by atoms with Crippen LogP contribution in [0.15, 0.2) is 12.5 Å². The normalized spacial score (nSPS) is 15.2. The second-order valence-electron chi connectivity index (χ2n) is 20.9. The molecule has 17 N–H and O–H groups in total. The molecule has 1 rings (SSSR count). The van der Waals surface area contributed by atoms with Crippen LogP contribution < -0.4 is 59.7 Å². The van der Waals surface area contributed by atoms with Crippen molar-refractivity contribution in [1.29, 1.82) is 0 Å². The summed E-state index contributed by atoms with van der Waals surface area (Å²) < 4.78 is 0. The summed E-state index contributed by atoms with van der Waals surface area (Å²) in [5, 5.41) is 40.7. The number of aliphatic hydroxyl groups is 1. The van der Waals surface area contributed by atoms with Gasteiger partial charge >= 0.3 is 5.97 Å². The van der Waals surface area contributed by atoms with Crippen molar-refractivity contribution in [1.82, 2.24) is 52.5 Å². The van der Waals surface area contributed by atoms with Crippen molar-refractivity contribution < 1.29 is 58.2 Å². The van der Waals surface area contributed by atoms with E-state index in [1.54, 1.807) is 41.5 Å². The van der Waals surface area contributed by atoms with Crippen LogP contribution in [0.4, 0.5) is 0 Å². The maximum atomic E-state index is 14.2. The highest BCUT2D eigenvalue weighted by atomic mass is 16.4. The number of aromatic nitrogens is 2. The van der Waals surface area contributed by atoms with Gasteiger partial charge in [0, 0.05) is 24.7 Å². The molecule has 0 saturated carbocycles. The summed E-state index contributed by atoms with van der Waals surface area (Å²) in [6.07, 6.45) is 3.69. The van der Waals surface area contributed by atoms with Crippen molar-refractivity contribution in [2.75, 3.05) is 13.2 Å². The number of nitrogens with zero attached hydrogens (tertiary/aromatic N) is 1. The Hall–Kier alpha value is -6.21. The first-order chi connectivity index (χ1) is 34.6. The number of amides is 9. The van der Waals surface area contributed by atoms with Crippen molar-refractivity contribution in [3.8, 4) is 0 Å².